The molecule has 0 aliphatic heterocycles. The van der Waals surface area contributed by atoms with Gasteiger partial charge in [-0.1, -0.05) is 12.1 Å². The van der Waals surface area contributed by atoms with E-state index in [9.17, 15) is 8.60 Å². The number of hydrogen-bond acceptors (Lipinski definition) is 5. The molecule has 2 N–H and O–H groups in total. The summed E-state index contributed by atoms with van der Waals surface area (Å²) in [6.07, 6.45) is 6.17. The van der Waals surface area contributed by atoms with Crippen LogP contribution < -0.4 is 5.32 Å². The van der Waals surface area contributed by atoms with Gasteiger partial charge in [0.05, 0.1) is 14.6 Å². The molecule has 1 unspecified atom stereocenters. The number of benzene rings is 1. The molecule has 0 aliphatic rings. The van der Waals surface area contributed by atoms with E-state index < -0.39 is 9.73 Å². The van der Waals surface area contributed by atoms with Gasteiger partial charge in [0.2, 0.25) is 0 Å². The third-order valence-electron chi connectivity index (χ3n) is 3.99. The van der Waals surface area contributed by atoms with Crippen LogP contribution in [0.2, 0.25) is 0 Å². The lowest BCUT2D eigenvalue weighted by atomic mass is 10.1. The molecule has 0 spiro atoms. The van der Waals surface area contributed by atoms with Gasteiger partial charge in [-0.15, -0.1) is 0 Å². The van der Waals surface area contributed by atoms with Crippen molar-refractivity contribution in [3.63, 3.8) is 0 Å². The van der Waals surface area contributed by atoms with Gasteiger partial charge in [-0.05, 0) is 42.8 Å². The molecule has 0 radical (unpaired) electrons. The zero-order valence-corrected chi connectivity index (χ0v) is 15.3. The largest absolute Gasteiger partial charge is 0.364 e. The van der Waals surface area contributed by atoms with Crippen LogP contribution >= 0.6 is 0 Å². The van der Waals surface area contributed by atoms with Crippen molar-refractivity contribution in [1.82, 2.24) is 9.97 Å². The van der Waals surface area contributed by atoms with Gasteiger partial charge in [-0.3, -0.25) is 4.98 Å². The van der Waals surface area contributed by atoms with Crippen LogP contribution in [0.5, 0.6) is 0 Å². The van der Waals surface area contributed by atoms with E-state index >= 15 is 0 Å². The molecule has 2 heterocycles. The van der Waals surface area contributed by atoms with Crippen LogP contribution in [-0.2, 0) is 9.73 Å². The highest BCUT2D eigenvalue weighted by Crippen LogP contribution is 2.23. The van der Waals surface area contributed by atoms with E-state index in [-0.39, 0.29) is 11.9 Å². The lowest BCUT2D eigenvalue weighted by Crippen LogP contribution is -2.07. The fraction of sp³-hybridized carbons (Fsp3) is 0.158. The predicted octanol–water partition coefficient (Wildman–Crippen LogP) is 4.49. The van der Waals surface area contributed by atoms with E-state index in [1.165, 1.54) is 24.6 Å². The number of hydrogen-bond donors (Lipinski definition) is 2. The van der Waals surface area contributed by atoms with E-state index in [0.717, 1.165) is 16.7 Å². The number of aromatic nitrogens is 2. The first-order valence-electron chi connectivity index (χ1n) is 8.00. The molecule has 2 aromatic heterocycles. The number of pyridine rings is 2. The standard InChI is InChI=1S/C19H19FN4OS/c1-13(14-3-6-17(20)7-4-14)24-19-8-5-15(11-23-19)16-9-18(12-22-10-16)26(2,21)25/h3-13,21H,1-2H3,(H,23,24)/t13-,26?/m1/s1. The summed E-state index contributed by atoms with van der Waals surface area (Å²) in [6, 6.07) is 11.7. The summed E-state index contributed by atoms with van der Waals surface area (Å²) in [6.45, 7) is 1.97. The molecule has 26 heavy (non-hydrogen) atoms. The Hall–Kier alpha value is -2.80. The van der Waals surface area contributed by atoms with E-state index in [4.69, 9.17) is 4.78 Å². The van der Waals surface area contributed by atoms with Crippen molar-refractivity contribution < 1.29 is 8.60 Å². The Kier molecular flexibility index (Phi) is 4.99. The molecule has 0 saturated carbocycles. The quantitative estimate of drug-likeness (QED) is 0.693. The molecule has 5 nitrogen and oxygen atoms in total. The van der Waals surface area contributed by atoms with E-state index in [1.54, 1.807) is 30.6 Å². The molecule has 0 aliphatic carbocycles. The molecule has 134 valence electrons. The Morgan fingerprint density at radius 1 is 1.08 bits per heavy atom. The Morgan fingerprint density at radius 3 is 2.42 bits per heavy atom. The van der Waals surface area contributed by atoms with Crippen molar-refractivity contribution in [3.05, 3.63) is 72.4 Å². The van der Waals surface area contributed by atoms with Crippen LogP contribution in [0.4, 0.5) is 10.2 Å². The minimum atomic E-state index is -2.81. The molecule has 0 bridgehead atoms. The van der Waals surface area contributed by atoms with Crippen LogP contribution in [0, 0.1) is 10.6 Å². The van der Waals surface area contributed by atoms with Crippen molar-refractivity contribution in [1.29, 1.82) is 4.78 Å². The molecule has 0 amide bonds. The molecule has 0 fully saturated rings. The normalized spacial score (nSPS) is 14.4. The van der Waals surface area contributed by atoms with Crippen molar-refractivity contribution in [3.8, 4) is 11.1 Å². The maximum Gasteiger partial charge on any atom is 0.126 e. The highest BCUT2D eigenvalue weighted by atomic mass is 32.2. The second-order valence-corrected chi connectivity index (χ2v) is 8.26. The second-order valence-electron chi connectivity index (χ2n) is 6.10. The van der Waals surface area contributed by atoms with Gasteiger partial charge in [0.25, 0.3) is 0 Å². The molecule has 0 saturated heterocycles. The number of rotatable bonds is 5. The number of halogens is 1. The smallest absolute Gasteiger partial charge is 0.126 e. The van der Waals surface area contributed by atoms with Gasteiger partial charge in [0.1, 0.15) is 11.6 Å². The summed E-state index contributed by atoms with van der Waals surface area (Å²) < 4.78 is 32.6. The highest BCUT2D eigenvalue weighted by Gasteiger charge is 2.09. The lowest BCUT2D eigenvalue weighted by molar-refractivity contribution is 0.626. The van der Waals surface area contributed by atoms with Gasteiger partial charge < -0.3 is 5.32 Å². The van der Waals surface area contributed by atoms with Crippen LogP contribution in [0.15, 0.2) is 66.0 Å². The molecular weight excluding hydrogens is 351 g/mol. The first-order valence-corrected chi connectivity index (χ1v) is 9.97. The Morgan fingerprint density at radius 2 is 1.81 bits per heavy atom. The van der Waals surface area contributed by atoms with E-state index in [1.807, 2.05) is 19.1 Å². The zero-order chi connectivity index (χ0) is 18.7. The van der Waals surface area contributed by atoms with Crippen molar-refractivity contribution in [2.75, 3.05) is 11.6 Å². The van der Waals surface area contributed by atoms with Gasteiger partial charge in [0.15, 0.2) is 0 Å². The molecular formula is C19H19FN4OS. The fourth-order valence-corrected chi connectivity index (χ4v) is 3.11. The Bertz CT molecular complexity index is 1000. The SMILES string of the molecule is C[C@@H](Nc1ccc(-c2cncc(S(C)(=N)=O)c2)cn1)c1ccc(F)cc1. The fourth-order valence-electron chi connectivity index (χ4n) is 2.50. The van der Waals surface area contributed by atoms with Gasteiger partial charge in [0, 0.05) is 42.0 Å². The van der Waals surface area contributed by atoms with Crippen LogP contribution in [0.25, 0.3) is 11.1 Å². The number of anilines is 1. The van der Waals surface area contributed by atoms with Gasteiger partial charge >= 0.3 is 0 Å². The maximum absolute atomic E-state index is 13.0. The first-order chi connectivity index (χ1) is 12.3. The summed E-state index contributed by atoms with van der Waals surface area (Å²) in [5, 5.41) is 3.27. The molecule has 2 atom stereocenters. The van der Waals surface area contributed by atoms with E-state index in [0.29, 0.717) is 10.7 Å². The topological polar surface area (TPSA) is 78.7 Å². The van der Waals surface area contributed by atoms with Gasteiger partial charge in [-0.2, -0.15) is 0 Å². The Balaban J connectivity index is 1.77. The predicted molar refractivity (Wildman–Crippen MR) is 101 cm³/mol. The lowest BCUT2D eigenvalue weighted by Gasteiger charge is -2.15. The first kappa shape index (κ1) is 18.0. The molecule has 3 aromatic rings. The monoisotopic (exact) mass is 370 g/mol. The van der Waals surface area contributed by atoms with Crippen molar-refractivity contribution in [2.45, 2.75) is 17.9 Å². The van der Waals surface area contributed by atoms with Crippen LogP contribution in [0.3, 0.4) is 0 Å². The third-order valence-corrected chi connectivity index (χ3v) is 5.12. The molecule has 1 aromatic carbocycles. The summed E-state index contributed by atoms with van der Waals surface area (Å²) in [5.74, 6) is 0.428. The molecule has 3 rings (SSSR count). The zero-order valence-electron chi connectivity index (χ0n) is 14.4. The number of nitrogens with zero attached hydrogens (tertiary/aromatic N) is 2. The average molecular weight is 370 g/mol. The van der Waals surface area contributed by atoms with Crippen molar-refractivity contribution >= 4 is 15.5 Å². The Labute approximate surface area is 152 Å². The van der Waals surface area contributed by atoms with E-state index in [2.05, 4.69) is 15.3 Å². The highest BCUT2D eigenvalue weighted by molar-refractivity contribution is 7.91. The summed E-state index contributed by atoms with van der Waals surface area (Å²) >= 11 is 0. The maximum atomic E-state index is 13.0. The summed E-state index contributed by atoms with van der Waals surface area (Å²) in [5.41, 5.74) is 2.54. The van der Waals surface area contributed by atoms with Gasteiger partial charge in [-0.25, -0.2) is 18.4 Å². The summed E-state index contributed by atoms with van der Waals surface area (Å²) in [4.78, 5) is 8.86. The average Bonchev–Trinajstić information content (AvgIpc) is 2.62. The van der Waals surface area contributed by atoms with Crippen LogP contribution in [0.1, 0.15) is 18.5 Å². The second kappa shape index (κ2) is 7.21. The molecule has 7 heteroatoms. The van der Waals surface area contributed by atoms with Crippen molar-refractivity contribution in [2.24, 2.45) is 0 Å². The number of nitrogens with one attached hydrogen (secondary N) is 2. The third kappa shape index (κ3) is 4.23. The minimum absolute atomic E-state index is 0.0213. The summed E-state index contributed by atoms with van der Waals surface area (Å²) in [7, 11) is -2.81. The minimum Gasteiger partial charge on any atom is -0.364 e. The van der Waals surface area contributed by atoms with Crippen LogP contribution in [-0.4, -0.2) is 20.4 Å².